The number of methoxy groups -OCH3 is 1. The van der Waals surface area contributed by atoms with Gasteiger partial charge in [-0.3, -0.25) is 4.79 Å². The average Bonchev–Trinajstić information content (AvgIpc) is 2.38. The van der Waals surface area contributed by atoms with Crippen molar-refractivity contribution in [1.29, 1.82) is 0 Å². The van der Waals surface area contributed by atoms with E-state index in [4.69, 9.17) is 10.5 Å². The van der Waals surface area contributed by atoms with E-state index in [-0.39, 0.29) is 11.4 Å². The molecule has 1 aromatic rings. The molecule has 4 heteroatoms. The number of nitrogens with one attached hydrogen (secondary N) is 1. The summed E-state index contributed by atoms with van der Waals surface area (Å²) >= 11 is 0. The van der Waals surface area contributed by atoms with E-state index in [1.807, 2.05) is 6.92 Å². The number of nitrogens with two attached hydrogens (primary N) is 1. The Balaban J connectivity index is 2.88. The molecule has 1 rings (SSSR count). The Morgan fingerprint density at radius 2 is 2.00 bits per heavy atom. The first-order valence-corrected chi connectivity index (χ1v) is 6.21. The van der Waals surface area contributed by atoms with E-state index in [1.54, 1.807) is 25.3 Å². The Morgan fingerprint density at radius 1 is 1.39 bits per heavy atom. The lowest BCUT2D eigenvalue weighted by Gasteiger charge is -2.28. The second kappa shape index (κ2) is 5.76. The monoisotopic (exact) mass is 250 g/mol. The van der Waals surface area contributed by atoms with E-state index in [2.05, 4.69) is 19.2 Å². The zero-order valence-corrected chi connectivity index (χ0v) is 11.5. The fourth-order valence-corrected chi connectivity index (χ4v) is 1.65. The Labute approximate surface area is 109 Å². The largest absolute Gasteiger partial charge is 0.495 e. The van der Waals surface area contributed by atoms with Gasteiger partial charge in [0, 0.05) is 11.1 Å². The van der Waals surface area contributed by atoms with Gasteiger partial charge >= 0.3 is 0 Å². The summed E-state index contributed by atoms with van der Waals surface area (Å²) in [4.78, 5) is 12.1. The van der Waals surface area contributed by atoms with Crippen LogP contribution in [-0.2, 0) is 0 Å². The summed E-state index contributed by atoms with van der Waals surface area (Å²) in [6, 6.07) is 5.07. The molecule has 0 saturated carbocycles. The maximum atomic E-state index is 12.1. The van der Waals surface area contributed by atoms with Crippen LogP contribution in [-0.4, -0.2) is 18.6 Å². The highest BCUT2D eigenvalue weighted by molar-refractivity contribution is 5.95. The fourth-order valence-electron chi connectivity index (χ4n) is 1.65. The van der Waals surface area contributed by atoms with Crippen LogP contribution in [0.25, 0.3) is 0 Å². The Hall–Kier alpha value is -1.71. The van der Waals surface area contributed by atoms with Crippen LogP contribution in [0.15, 0.2) is 18.2 Å². The number of ether oxygens (including phenoxy) is 1. The highest BCUT2D eigenvalue weighted by Gasteiger charge is 2.22. The molecule has 4 nitrogen and oxygen atoms in total. The summed E-state index contributed by atoms with van der Waals surface area (Å²) in [5, 5.41) is 3.04. The van der Waals surface area contributed by atoms with Gasteiger partial charge in [-0.25, -0.2) is 0 Å². The molecule has 0 heterocycles. The molecule has 3 N–H and O–H groups in total. The summed E-state index contributed by atoms with van der Waals surface area (Å²) in [6.45, 7) is 6.16. The van der Waals surface area contributed by atoms with Crippen molar-refractivity contribution in [3.05, 3.63) is 23.8 Å². The van der Waals surface area contributed by atoms with Crippen molar-refractivity contribution >= 4 is 11.6 Å². The second-order valence-electron chi connectivity index (χ2n) is 4.68. The summed E-state index contributed by atoms with van der Waals surface area (Å²) in [7, 11) is 1.55. The molecule has 0 aliphatic rings. The SMILES string of the molecule is CCC(C)(CC)NC(=O)c1ccc(OC)c(N)c1. The van der Waals surface area contributed by atoms with Crippen LogP contribution < -0.4 is 15.8 Å². The highest BCUT2D eigenvalue weighted by Crippen LogP contribution is 2.22. The smallest absolute Gasteiger partial charge is 0.251 e. The van der Waals surface area contributed by atoms with E-state index < -0.39 is 0 Å². The number of amides is 1. The zero-order valence-electron chi connectivity index (χ0n) is 11.5. The van der Waals surface area contributed by atoms with Gasteiger partial charge in [-0.2, -0.15) is 0 Å². The number of hydrogen-bond acceptors (Lipinski definition) is 3. The predicted octanol–water partition coefficient (Wildman–Crippen LogP) is 2.59. The average molecular weight is 250 g/mol. The van der Waals surface area contributed by atoms with Crippen LogP contribution in [0.5, 0.6) is 5.75 Å². The molecule has 0 atom stereocenters. The van der Waals surface area contributed by atoms with E-state index in [1.165, 1.54) is 0 Å². The highest BCUT2D eigenvalue weighted by atomic mass is 16.5. The molecule has 18 heavy (non-hydrogen) atoms. The summed E-state index contributed by atoms with van der Waals surface area (Å²) in [5.74, 6) is 0.482. The van der Waals surface area contributed by atoms with E-state index in [0.29, 0.717) is 17.0 Å². The van der Waals surface area contributed by atoms with Crippen molar-refractivity contribution in [2.45, 2.75) is 39.2 Å². The van der Waals surface area contributed by atoms with E-state index in [0.717, 1.165) is 12.8 Å². The first-order chi connectivity index (χ1) is 8.45. The van der Waals surface area contributed by atoms with Gasteiger partial charge in [0.05, 0.1) is 12.8 Å². The van der Waals surface area contributed by atoms with Crippen LogP contribution in [0.2, 0.25) is 0 Å². The lowest BCUT2D eigenvalue weighted by molar-refractivity contribution is 0.0901. The number of anilines is 1. The molecule has 0 spiro atoms. The molecule has 1 amide bonds. The van der Waals surface area contributed by atoms with Gasteiger partial charge in [0.2, 0.25) is 0 Å². The third kappa shape index (κ3) is 3.15. The zero-order chi connectivity index (χ0) is 13.8. The molecule has 0 aromatic heterocycles. The minimum Gasteiger partial charge on any atom is -0.495 e. The fraction of sp³-hybridized carbons (Fsp3) is 0.500. The number of nitrogen functional groups attached to an aromatic ring is 1. The third-order valence-corrected chi connectivity index (χ3v) is 3.47. The number of carbonyl (C=O) groups is 1. The summed E-state index contributed by atoms with van der Waals surface area (Å²) < 4.78 is 5.07. The van der Waals surface area contributed by atoms with Crippen molar-refractivity contribution in [2.75, 3.05) is 12.8 Å². The van der Waals surface area contributed by atoms with Crippen molar-refractivity contribution in [2.24, 2.45) is 0 Å². The molecule has 0 aliphatic carbocycles. The standard InChI is InChI=1S/C14H22N2O2/c1-5-14(3,6-2)16-13(17)10-7-8-12(18-4)11(15)9-10/h7-9H,5-6,15H2,1-4H3,(H,16,17). The van der Waals surface area contributed by atoms with Crippen LogP contribution in [0.3, 0.4) is 0 Å². The van der Waals surface area contributed by atoms with E-state index >= 15 is 0 Å². The molecule has 0 radical (unpaired) electrons. The van der Waals surface area contributed by atoms with Crippen molar-refractivity contribution in [3.8, 4) is 5.75 Å². The third-order valence-electron chi connectivity index (χ3n) is 3.47. The minimum atomic E-state index is -0.175. The van der Waals surface area contributed by atoms with Gasteiger partial charge in [-0.15, -0.1) is 0 Å². The number of hydrogen-bond donors (Lipinski definition) is 2. The van der Waals surface area contributed by atoms with Crippen LogP contribution in [0, 0.1) is 0 Å². The molecule has 0 aliphatic heterocycles. The first kappa shape index (κ1) is 14.4. The van der Waals surface area contributed by atoms with Gasteiger partial charge in [0.15, 0.2) is 0 Å². The Morgan fingerprint density at radius 3 is 2.44 bits per heavy atom. The molecule has 0 unspecified atom stereocenters. The van der Waals surface area contributed by atoms with Crippen molar-refractivity contribution < 1.29 is 9.53 Å². The molecular weight excluding hydrogens is 228 g/mol. The molecule has 0 bridgehead atoms. The van der Waals surface area contributed by atoms with Crippen molar-refractivity contribution in [3.63, 3.8) is 0 Å². The summed E-state index contributed by atoms with van der Waals surface area (Å²) in [6.07, 6.45) is 1.78. The predicted molar refractivity (Wildman–Crippen MR) is 73.9 cm³/mol. The lowest BCUT2D eigenvalue weighted by Crippen LogP contribution is -2.44. The molecule has 0 saturated heterocycles. The van der Waals surface area contributed by atoms with E-state index in [9.17, 15) is 4.79 Å². The molecule has 0 fully saturated rings. The quantitative estimate of drug-likeness (QED) is 0.789. The van der Waals surface area contributed by atoms with Crippen molar-refractivity contribution in [1.82, 2.24) is 5.32 Å². The Bertz CT molecular complexity index is 426. The van der Waals surface area contributed by atoms with Gasteiger partial charge in [-0.05, 0) is 38.0 Å². The maximum Gasteiger partial charge on any atom is 0.251 e. The number of benzene rings is 1. The maximum absolute atomic E-state index is 12.1. The van der Waals surface area contributed by atoms with Gasteiger partial charge in [0.1, 0.15) is 5.75 Å². The van der Waals surface area contributed by atoms with Gasteiger partial charge in [0.25, 0.3) is 5.91 Å². The number of carbonyl (C=O) groups excluding carboxylic acids is 1. The molecular formula is C14H22N2O2. The van der Waals surface area contributed by atoms with Gasteiger partial charge in [-0.1, -0.05) is 13.8 Å². The minimum absolute atomic E-state index is 0.101. The van der Waals surface area contributed by atoms with Gasteiger partial charge < -0.3 is 15.8 Å². The first-order valence-electron chi connectivity index (χ1n) is 6.21. The van der Waals surface area contributed by atoms with Crippen LogP contribution in [0.1, 0.15) is 44.0 Å². The normalized spacial score (nSPS) is 11.1. The topological polar surface area (TPSA) is 64.3 Å². The molecule has 1 aromatic carbocycles. The lowest BCUT2D eigenvalue weighted by atomic mass is 9.95. The Kier molecular flexibility index (Phi) is 4.59. The van der Waals surface area contributed by atoms with Crippen LogP contribution >= 0.6 is 0 Å². The summed E-state index contributed by atoms with van der Waals surface area (Å²) in [5.41, 5.74) is 6.65. The number of rotatable bonds is 5. The van der Waals surface area contributed by atoms with Crippen LogP contribution in [0.4, 0.5) is 5.69 Å². The molecule has 100 valence electrons. The second-order valence-corrected chi connectivity index (χ2v) is 4.68.